The van der Waals surface area contributed by atoms with Crippen LogP contribution >= 0.6 is 15.9 Å². The van der Waals surface area contributed by atoms with Crippen molar-refractivity contribution >= 4 is 21.6 Å². The largest absolute Gasteiger partial charge is 0.380 e. The third-order valence-electron chi connectivity index (χ3n) is 3.71. The minimum atomic E-state index is -0.0820. The van der Waals surface area contributed by atoms with E-state index >= 15 is 0 Å². The number of aromatic nitrogens is 2. The van der Waals surface area contributed by atoms with Gasteiger partial charge in [-0.25, -0.2) is 4.68 Å². The molecule has 1 fully saturated rings. The highest BCUT2D eigenvalue weighted by molar-refractivity contribution is 9.10. The summed E-state index contributed by atoms with van der Waals surface area (Å²) in [6.45, 7) is 6.80. The first-order valence-corrected chi connectivity index (χ1v) is 7.65. The van der Waals surface area contributed by atoms with Gasteiger partial charge in [0.25, 0.3) is 5.56 Å². The number of nitrogens with one attached hydrogen (secondary N) is 2. The average Bonchev–Trinajstić information content (AvgIpc) is 2.45. The smallest absolute Gasteiger partial charge is 0.283 e. The molecule has 5 nitrogen and oxygen atoms in total. The van der Waals surface area contributed by atoms with Crippen LogP contribution in [0.1, 0.15) is 26.7 Å². The van der Waals surface area contributed by atoms with Crippen molar-refractivity contribution in [3.05, 3.63) is 21.0 Å². The number of anilines is 1. The van der Waals surface area contributed by atoms with Gasteiger partial charge in [0.1, 0.15) is 4.47 Å². The Labute approximate surface area is 121 Å². The maximum Gasteiger partial charge on any atom is 0.283 e. The van der Waals surface area contributed by atoms with Gasteiger partial charge in [0.15, 0.2) is 0 Å². The molecule has 0 radical (unpaired) electrons. The molecule has 0 aliphatic carbocycles. The summed E-state index contributed by atoms with van der Waals surface area (Å²) in [7, 11) is 0. The Morgan fingerprint density at radius 3 is 3.11 bits per heavy atom. The summed E-state index contributed by atoms with van der Waals surface area (Å²) < 4.78 is 2.02. The average molecular weight is 329 g/mol. The Hall–Kier alpha value is -0.880. The lowest BCUT2D eigenvalue weighted by molar-refractivity contribution is 0.347. The van der Waals surface area contributed by atoms with Gasteiger partial charge in [-0.3, -0.25) is 4.79 Å². The molecule has 1 saturated heterocycles. The van der Waals surface area contributed by atoms with Crippen LogP contribution in [0.3, 0.4) is 0 Å². The molecule has 0 saturated carbocycles. The Balaban J connectivity index is 2.10. The third kappa shape index (κ3) is 3.36. The molecule has 2 unspecified atom stereocenters. The van der Waals surface area contributed by atoms with Gasteiger partial charge < -0.3 is 10.6 Å². The maximum absolute atomic E-state index is 12.0. The topological polar surface area (TPSA) is 59.0 Å². The van der Waals surface area contributed by atoms with E-state index in [4.69, 9.17) is 0 Å². The molecule has 2 rings (SSSR count). The van der Waals surface area contributed by atoms with Gasteiger partial charge >= 0.3 is 0 Å². The van der Waals surface area contributed by atoms with Gasteiger partial charge in [-0.2, -0.15) is 5.10 Å². The quantitative estimate of drug-likeness (QED) is 0.885. The lowest BCUT2D eigenvalue weighted by Gasteiger charge is -2.29. The molecule has 2 N–H and O–H groups in total. The van der Waals surface area contributed by atoms with Gasteiger partial charge in [-0.15, -0.1) is 0 Å². The van der Waals surface area contributed by atoms with E-state index in [0.29, 0.717) is 23.0 Å². The van der Waals surface area contributed by atoms with Crippen molar-refractivity contribution in [3.8, 4) is 0 Å². The number of nitrogens with zero attached hydrogens (tertiary/aromatic N) is 2. The molecule has 106 valence electrons. The van der Waals surface area contributed by atoms with Crippen LogP contribution < -0.4 is 16.2 Å². The summed E-state index contributed by atoms with van der Waals surface area (Å²) in [6.07, 6.45) is 4.16. The van der Waals surface area contributed by atoms with E-state index in [1.165, 1.54) is 17.5 Å². The highest BCUT2D eigenvalue weighted by Gasteiger charge is 2.21. The Morgan fingerprint density at radius 2 is 2.47 bits per heavy atom. The van der Waals surface area contributed by atoms with Gasteiger partial charge in [0.2, 0.25) is 0 Å². The molecular weight excluding hydrogens is 308 g/mol. The molecule has 19 heavy (non-hydrogen) atoms. The molecular formula is C13H21BrN4O. The highest BCUT2D eigenvalue weighted by atomic mass is 79.9. The summed E-state index contributed by atoms with van der Waals surface area (Å²) in [4.78, 5) is 12.0. The second-order valence-corrected chi connectivity index (χ2v) is 5.83. The second-order valence-electron chi connectivity index (χ2n) is 5.03. The molecule has 6 heteroatoms. The molecule has 0 bridgehead atoms. The first-order valence-electron chi connectivity index (χ1n) is 6.86. The van der Waals surface area contributed by atoms with Crippen LogP contribution in [0.2, 0.25) is 0 Å². The monoisotopic (exact) mass is 328 g/mol. The fraction of sp³-hybridized carbons (Fsp3) is 0.692. The SMILES string of the molecule is CCn1ncc(NC(C)C2CCCNC2)c(Br)c1=O. The number of hydrogen-bond donors (Lipinski definition) is 2. The van der Waals surface area contributed by atoms with Crippen LogP contribution in [-0.2, 0) is 6.54 Å². The zero-order valence-corrected chi connectivity index (χ0v) is 13.0. The fourth-order valence-corrected chi connectivity index (χ4v) is 2.88. The third-order valence-corrected chi connectivity index (χ3v) is 4.48. The summed E-state index contributed by atoms with van der Waals surface area (Å²) in [6, 6.07) is 0.322. The molecule has 0 spiro atoms. The summed E-state index contributed by atoms with van der Waals surface area (Å²) in [5, 5.41) is 11.0. The van der Waals surface area contributed by atoms with Crippen molar-refractivity contribution in [1.82, 2.24) is 15.1 Å². The number of halogens is 1. The van der Waals surface area contributed by atoms with Crippen molar-refractivity contribution < 1.29 is 0 Å². The zero-order valence-electron chi connectivity index (χ0n) is 11.4. The van der Waals surface area contributed by atoms with Gasteiger partial charge in [0, 0.05) is 12.6 Å². The molecule has 0 aromatic carbocycles. The van der Waals surface area contributed by atoms with Crippen LogP contribution in [0, 0.1) is 5.92 Å². The van der Waals surface area contributed by atoms with Crippen molar-refractivity contribution in [2.75, 3.05) is 18.4 Å². The Kier molecular flexibility index (Phi) is 4.99. The zero-order chi connectivity index (χ0) is 13.8. The highest BCUT2D eigenvalue weighted by Crippen LogP contribution is 2.22. The van der Waals surface area contributed by atoms with Crippen LogP contribution in [0.4, 0.5) is 5.69 Å². The van der Waals surface area contributed by atoms with E-state index < -0.39 is 0 Å². The lowest BCUT2D eigenvalue weighted by Crippen LogP contribution is -2.39. The predicted octanol–water partition coefficient (Wildman–Crippen LogP) is 1.83. The van der Waals surface area contributed by atoms with Gasteiger partial charge in [-0.1, -0.05) is 0 Å². The summed E-state index contributed by atoms with van der Waals surface area (Å²) >= 11 is 3.37. The molecule has 1 aliphatic rings. The second kappa shape index (κ2) is 6.52. The van der Waals surface area contributed by atoms with Crippen LogP contribution in [0.5, 0.6) is 0 Å². The van der Waals surface area contributed by atoms with Gasteiger partial charge in [0.05, 0.1) is 11.9 Å². The van der Waals surface area contributed by atoms with Crippen molar-refractivity contribution in [1.29, 1.82) is 0 Å². The maximum atomic E-state index is 12.0. The number of hydrogen-bond acceptors (Lipinski definition) is 4. The molecule has 1 aliphatic heterocycles. The van der Waals surface area contributed by atoms with Crippen LogP contribution in [-0.4, -0.2) is 28.9 Å². The Morgan fingerprint density at radius 1 is 1.68 bits per heavy atom. The van der Waals surface area contributed by atoms with E-state index in [1.54, 1.807) is 6.20 Å². The van der Waals surface area contributed by atoms with E-state index in [2.05, 4.69) is 38.6 Å². The van der Waals surface area contributed by atoms with E-state index in [0.717, 1.165) is 18.8 Å². The van der Waals surface area contributed by atoms with Crippen LogP contribution in [0.25, 0.3) is 0 Å². The number of rotatable bonds is 4. The molecule has 1 aromatic heterocycles. The number of aryl methyl sites for hydroxylation is 1. The first-order chi connectivity index (χ1) is 9.13. The normalized spacial score (nSPS) is 21.1. The van der Waals surface area contributed by atoms with Crippen molar-refractivity contribution in [2.24, 2.45) is 5.92 Å². The standard InChI is InChI=1S/C13H21BrN4O/c1-3-18-13(19)12(14)11(8-16-18)17-9(2)10-5-4-6-15-7-10/h8-10,15,17H,3-7H2,1-2H3. The molecule has 2 heterocycles. The molecule has 1 aromatic rings. The summed E-state index contributed by atoms with van der Waals surface area (Å²) in [5.74, 6) is 0.592. The Bertz CT molecular complexity index is 482. The number of piperidine rings is 1. The molecule has 2 atom stereocenters. The minimum absolute atomic E-state index is 0.0820. The van der Waals surface area contributed by atoms with Crippen molar-refractivity contribution in [3.63, 3.8) is 0 Å². The van der Waals surface area contributed by atoms with Gasteiger partial charge in [-0.05, 0) is 61.6 Å². The first kappa shape index (κ1) is 14.5. The van der Waals surface area contributed by atoms with E-state index in [1.807, 2.05) is 6.92 Å². The summed E-state index contributed by atoms with van der Waals surface area (Å²) in [5.41, 5.74) is 0.703. The van der Waals surface area contributed by atoms with Crippen molar-refractivity contribution in [2.45, 2.75) is 39.3 Å². The van der Waals surface area contributed by atoms with Crippen LogP contribution in [0.15, 0.2) is 15.5 Å². The minimum Gasteiger partial charge on any atom is -0.380 e. The van der Waals surface area contributed by atoms with E-state index in [9.17, 15) is 4.79 Å². The fourth-order valence-electron chi connectivity index (χ4n) is 2.46. The molecule has 0 amide bonds. The van der Waals surface area contributed by atoms with E-state index in [-0.39, 0.29) is 5.56 Å². The predicted molar refractivity (Wildman–Crippen MR) is 80.5 cm³/mol. The lowest BCUT2D eigenvalue weighted by atomic mass is 9.93.